The Balaban J connectivity index is 2.20. The molecule has 0 aliphatic carbocycles. The van der Waals surface area contributed by atoms with Crippen LogP contribution in [0.25, 0.3) is 0 Å². The number of carbonyl (C=O) groups is 1. The summed E-state index contributed by atoms with van der Waals surface area (Å²) in [6.07, 6.45) is -4.62. The lowest BCUT2D eigenvalue weighted by atomic mass is 9.94. The molecule has 2 unspecified atom stereocenters. The summed E-state index contributed by atoms with van der Waals surface area (Å²) < 4.78 is 42.6. The van der Waals surface area contributed by atoms with E-state index in [0.29, 0.717) is 10.7 Å². The molecule has 20 heavy (non-hydrogen) atoms. The Morgan fingerprint density at radius 2 is 2.25 bits per heavy atom. The predicted octanol–water partition coefficient (Wildman–Crippen LogP) is 1.75. The lowest BCUT2D eigenvalue weighted by Gasteiger charge is -2.38. The van der Waals surface area contributed by atoms with Crippen LogP contribution in [0, 0.1) is 5.92 Å². The molecule has 1 saturated heterocycles. The van der Waals surface area contributed by atoms with E-state index in [-0.39, 0.29) is 19.5 Å². The fraction of sp³-hybridized carbons (Fsp3) is 0.600. The Labute approximate surface area is 116 Å². The highest BCUT2D eigenvalue weighted by Gasteiger charge is 2.45. The first-order valence-corrected chi connectivity index (χ1v) is 6.56. The van der Waals surface area contributed by atoms with Gasteiger partial charge in [-0.25, -0.2) is 4.79 Å². The monoisotopic (exact) mass is 310 g/mol. The smallest absolute Gasteiger partial charge is 0.404 e. The van der Waals surface area contributed by atoms with Crippen LogP contribution in [0.4, 0.5) is 28.7 Å². The SMILES string of the molecule is Nc1cnsc1N1CC(NC(=O)O)CC(C(F)(F)F)C1. The Morgan fingerprint density at radius 3 is 2.75 bits per heavy atom. The molecule has 1 aliphatic heterocycles. The van der Waals surface area contributed by atoms with Crippen LogP contribution in [0.1, 0.15) is 6.42 Å². The maximum atomic E-state index is 12.9. The Kier molecular flexibility index (Phi) is 3.93. The maximum absolute atomic E-state index is 12.9. The lowest BCUT2D eigenvalue weighted by molar-refractivity contribution is -0.177. The van der Waals surface area contributed by atoms with Gasteiger partial charge in [0.05, 0.1) is 23.8 Å². The number of hydrogen-bond acceptors (Lipinski definition) is 5. The summed E-state index contributed by atoms with van der Waals surface area (Å²) in [7, 11) is 0. The van der Waals surface area contributed by atoms with Gasteiger partial charge in [0.25, 0.3) is 0 Å². The zero-order valence-corrected chi connectivity index (χ0v) is 11.0. The third kappa shape index (κ3) is 3.24. The predicted molar refractivity (Wildman–Crippen MR) is 67.8 cm³/mol. The Hall–Kier alpha value is -1.71. The minimum Gasteiger partial charge on any atom is -0.465 e. The molecule has 1 fully saturated rings. The average molecular weight is 310 g/mol. The minimum atomic E-state index is -4.38. The van der Waals surface area contributed by atoms with E-state index >= 15 is 0 Å². The molecule has 0 bridgehead atoms. The summed E-state index contributed by atoms with van der Waals surface area (Å²) in [5.74, 6) is -1.60. The van der Waals surface area contributed by atoms with Gasteiger partial charge in [-0.1, -0.05) is 0 Å². The van der Waals surface area contributed by atoms with Crippen LogP contribution < -0.4 is 16.0 Å². The number of nitrogens with one attached hydrogen (secondary N) is 1. The number of nitrogens with zero attached hydrogens (tertiary/aromatic N) is 2. The molecule has 0 spiro atoms. The standard InChI is InChI=1S/C10H13F3N4O2S/c11-10(12,13)5-1-6(16-9(18)19)4-17(3-5)8-7(14)2-15-20-8/h2,5-6,16H,1,3-4,14H2,(H,18,19). The number of nitrogen functional groups attached to an aromatic ring is 1. The summed E-state index contributed by atoms with van der Waals surface area (Å²) in [5, 5.41) is 11.2. The van der Waals surface area contributed by atoms with Gasteiger partial charge in [0, 0.05) is 13.1 Å². The highest BCUT2D eigenvalue weighted by atomic mass is 32.1. The van der Waals surface area contributed by atoms with Crippen LogP contribution in [0.2, 0.25) is 0 Å². The van der Waals surface area contributed by atoms with E-state index in [9.17, 15) is 18.0 Å². The average Bonchev–Trinajstić information content (AvgIpc) is 2.73. The number of anilines is 2. The van der Waals surface area contributed by atoms with Gasteiger partial charge >= 0.3 is 12.3 Å². The summed E-state index contributed by atoms with van der Waals surface area (Å²) in [4.78, 5) is 12.1. The molecule has 0 radical (unpaired) electrons. The van der Waals surface area contributed by atoms with Crippen LogP contribution in [0.15, 0.2) is 6.20 Å². The second-order valence-electron chi connectivity index (χ2n) is 4.61. The molecule has 10 heteroatoms. The van der Waals surface area contributed by atoms with Gasteiger partial charge < -0.3 is 21.1 Å². The number of alkyl halides is 3. The molecule has 112 valence electrons. The van der Waals surface area contributed by atoms with Crippen molar-refractivity contribution in [3.05, 3.63) is 6.20 Å². The minimum absolute atomic E-state index is 0.144. The highest BCUT2D eigenvalue weighted by molar-refractivity contribution is 7.10. The van der Waals surface area contributed by atoms with Crippen molar-refractivity contribution in [3.8, 4) is 0 Å². The van der Waals surface area contributed by atoms with Crippen molar-refractivity contribution in [2.24, 2.45) is 5.92 Å². The second kappa shape index (κ2) is 5.35. The molecule has 4 N–H and O–H groups in total. The molecule has 6 nitrogen and oxygen atoms in total. The first kappa shape index (κ1) is 14.7. The maximum Gasteiger partial charge on any atom is 0.404 e. The number of halogens is 3. The van der Waals surface area contributed by atoms with E-state index in [0.717, 1.165) is 11.5 Å². The van der Waals surface area contributed by atoms with Gasteiger partial charge in [-0.2, -0.15) is 17.5 Å². The highest BCUT2D eigenvalue weighted by Crippen LogP contribution is 2.37. The first-order valence-electron chi connectivity index (χ1n) is 5.78. The van der Waals surface area contributed by atoms with Crippen LogP contribution in [0.3, 0.4) is 0 Å². The van der Waals surface area contributed by atoms with Crippen molar-refractivity contribution in [3.63, 3.8) is 0 Å². The molecule has 1 aliphatic rings. The number of carboxylic acid groups (broad SMARTS) is 1. The van der Waals surface area contributed by atoms with Crippen molar-refractivity contribution in [2.45, 2.75) is 18.6 Å². The molecular formula is C10H13F3N4O2S. The zero-order chi connectivity index (χ0) is 14.9. The molecule has 1 amide bonds. The molecule has 0 saturated carbocycles. The van der Waals surface area contributed by atoms with Gasteiger partial charge in [0.15, 0.2) is 0 Å². The summed E-state index contributed by atoms with van der Waals surface area (Å²) in [6.45, 7) is -0.0982. The third-order valence-corrected chi connectivity index (χ3v) is 3.98. The molecule has 1 aromatic heterocycles. The lowest BCUT2D eigenvalue weighted by Crippen LogP contribution is -2.53. The quantitative estimate of drug-likeness (QED) is 0.774. The van der Waals surface area contributed by atoms with Crippen LogP contribution in [-0.4, -0.2) is 40.9 Å². The van der Waals surface area contributed by atoms with Gasteiger partial charge in [-0.05, 0) is 18.0 Å². The third-order valence-electron chi connectivity index (χ3n) is 3.11. The molecule has 2 heterocycles. The summed E-state index contributed by atoms with van der Waals surface area (Å²) >= 11 is 0.998. The second-order valence-corrected chi connectivity index (χ2v) is 5.39. The molecule has 2 rings (SSSR count). The van der Waals surface area contributed by atoms with Crippen molar-refractivity contribution in [1.29, 1.82) is 0 Å². The number of piperidine rings is 1. The van der Waals surface area contributed by atoms with Gasteiger partial charge in [-0.3, -0.25) is 0 Å². The van der Waals surface area contributed by atoms with Gasteiger partial charge in [-0.15, -0.1) is 0 Å². The molecule has 0 aromatic carbocycles. The van der Waals surface area contributed by atoms with Gasteiger partial charge in [0.1, 0.15) is 5.00 Å². The van der Waals surface area contributed by atoms with E-state index in [1.54, 1.807) is 0 Å². The van der Waals surface area contributed by atoms with Crippen molar-refractivity contribution < 1.29 is 23.1 Å². The number of amides is 1. The van der Waals surface area contributed by atoms with E-state index in [4.69, 9.17) is 10.8 Å². The summed E-state index contributed by atoms with van der Waals surface area (Å²) in [6, 6.07) is -0.797. The zero-order valence-electron chi connectivity index (χ0n) is 10.2. The number of aromatic nitrogens is 1. The topological polar surface area (TPSA) is 91.5 Å². The Bertz CT molecular complexity index is 493. The first-order chi connectivity index (χ1) is 9.27. The van der Waals surface area contributed by atoms with Crippen LogP contribution in [-0.2, 0) is 0 Å². The molecular weight excluding hydrogens is 297 g/mol. The van der Waals surface area contributed by atoms with E-state index in [1.807, 2.05) is 0 Å². The van der Waals surface area contributed by atoms with Gasteiger partial charge in [0.2, 0.25) is 0 Å². The van der Waals surface area contributed by atoms with Crippen molar-refractivity contribution >= 4 is 28.3 Å². The molecule has 1 aromatic rings. The molecule has 2 atom stereocenters. The van der Waals surface area contributed by atoms with E-state index < -0.39 is 24.2 Å². The number of rotatable bonds is 2. The van der Waals surface area contributed by atoms with Crippen molar-refractivity contribution in [1.82, 2.24) is 9.69 Å². The largest absolute Gasteiger partial charge is 0.465 e. The number of hydrogen-bond donors (Lipinski definition) is 3. The van der Waals surface area contributed by atoms with E-state index in [2.05, 4.69) is 9.69 Å². The number of nitrogens with two attached hydrogens (primary N) is 1. The summed E-state index contributed by atoms with van der Waals surface area (Å²) in [5.41, 5.74) is 5.96. The fourth-order valence-corrected chi connectivity index (χ4v) is 2.95. The van der Waals surface area contributed by atoms with Crippen molar-refractivity contribution in [2.75, 3.05) is 23.7 Å². The van der Waals surface area contributed by atoms with Crippen LogP contribution >= 0.6 is 11.5 Å². The normalized spacial score (nSPS) is 23.6. The van der Waals surface area contributed by atoms with Crippen LogP contribution in [0.5, 0.6) is 0 Å². The van der Waals surface area contributed by atoms with E-state index in [1.165, 1.54) is 11.1 Å². The Morgan fingerprint density at radius 1 is 1.55 bits per heavy atom. The fourth-order valence-electron chi connectivity index (χ4n) is 2.26.